The zero-order valence-electron chi connectivity index (χ0n) is 14.7. The van der Waals surface area contributed by atoms with Crippen molar-refractivity contribution in [2.75, 3.05) is 19.6 Å². The Labute approximate surface area is 162 Å². The van der Waals surface area contributed by atoms with Crippen LogP contribution in [0.5, 0.6) is 0 Å². The lowest BCUT2D eigenvalue weighted by Crippen LogP contribution is -2.51. The number of rotatable bonds is 5. The van der Waals surface area contributed by atoms with Crippen LogP contribution in [-0.2, 0) is 11.2 Å². The highest BCUT2D eigenvalue weighted by Gasteiger charge is 2.35. The SMILES string of the molecule is O=C(NCCc1ccc(Cl)cc1)[C@H]1CN(C(=O)c2ccnnc2)CC[C@H]1O. The quantitative estimate of drug-likeness (QED) is 0.805. The van der Waals surface area contributed by atoms with Crippen LogP contribution in [0.2, 0.25) is 5.02 Å². The Morgan fingerprint density at radius 3 is 2.70 bits per heavy atom. The van der Waals surface area contributed by atoms with Crippen molar-refractivity contribution in [3.05, 3.63) is 58.9 Å². The summed E-state index contributed by atoms with van der Waals surface area (Å²) >= 11 is 5.86. The Bertz CT molecular complexity index is 785. The number of nitrogens with one attached hydrogen (secondary N) is 1. The Balaban J connectivity index is 1.55. The molecule has 0 unspecified atom stereocenters. The van der Waals surface area contributed by atoms with Crippen LogP contribution in [0.15, 0.2) is 42.7 Å². The number of aromatic nitrogens is 2. The number of likely N-dealkylation sites (tertiary alicyclic amines) is 1. The first-order valence-electron chi connectivity index (χ1n) is 8.81. The molecule has 0 radical (unpaired) electrons. The Hall–Kier alpha value is -2.51. The highest BCUT2D eigenvalue weighted by molar-refractivity contribution is 6.30. The number of hydrogen-bond acceptors (Lipinski definition) is 5. The summed E-state index contributed by atoms with van der Waals surface area (Å²) < 4.78 is 0. The van der Waals surface area contributed by atoms with Gasteiger partial charge in [0, 0.05) is 24.7 Å². The summed E-state index contributed by atoms with van der Waals surface area (Å²) in [5.74, 6) is -1.11. The number of carbonyl (C=O) groups excluding carboxylic acids is 2. The van der Waals surface area contributed by atoms with Gasteiger partial charge in [0.25, 0.3) is 5.91 Å². The number of benzene rings is 1. The molecular weight excluding hydrogens is 368 g/mol. The van der Waals surface area contributed by atoms with E-state index in [1.807, 2.05) is 12.1 Å². The highest BCUT2D eigenvalue weighted by Crippen LogP contribution is 2.19. The summed E-state index contributed by atoms with van der Waals surface area (Å²) in [5, 5.41) is 21.1. The third kappa shape index (κ3) is 5.02. The van der Waals surface area contributed by atoms with Crippen LogP contribution in [0.4, 0.5) is 0 Å². The van der Waals surface area contributed by atoms with Gasteiger partial charge < -0.3 is 15.3 Å². The van der Waals surface area contributed by atoms with Gasteiger partial charge in [-0.1, -0.05) is 23.7 Å². The zero-order chi connectivity index (χ0) is 19.2. The molecule has 27 heavy (non-hydrogen) atoms. The fourth-order valence-electron chi connectivity index (χ4n) is 3.09. The van der Waals surface area contributed by atoms with Crippen LogP contribution in [0.3, 0.4) is 0 Å². The molecule has 7 nitrogen and oxygen atoms in total. The fraction of sp³-hybridized carbons (Fsp3) is 0.368. The van der Waals surface area contributed by atoms with E-state index in [0.29, 0.717) is 36.5 Å². The van der Waals surface area contributed by atoms with E-state index >= 15 is 0 Å². The molecule has 2 heterocycles. The molecule has 2 N–H and O–H groups in total. The van der Waals surface area contributed by atoms with E-state index in [4.69, 9.17) is 11.6 Å². The smallest absolute Gasteiger partial charge is 0.255 e. The van der Waals surface area contributed by atoms with E-state index in [2.05, 4.69) is 15.5 Å². The summed E-state index contributed by atoms with van der Waals surface area (Å²) in [6, 6.07) is 9.02. The van der Waals surface area contributed by atoms with Gasteiger partial charge in [-0.3, -0.25) is 9.59 Å². The minimum Gasteiger partial charge on any atom is -0.392 e. The second kappa shape index (κ2) is 8.92. The summed E-state index contributed by atoms with van der Waals surface area (Å²) in [6.07, 6.45) is 3.11. The molecule has 142 valence electrons. The molecule has 2 aromatic rings. The van der Waals surface area contributed by atoms with E-state index in [9.17, 15) is 14.7 Å². The van der Waals surface area contributed by atoms with E-state index in [1.165, 1.54) is 12.4 Å². The van der Waals surface area contributed by atoms with Crippen LogP contribution >= 0.6 is 11.6 Å². The van der Waals surface area contributed by atoms with Gasteiger partial charge in [-0.05, 0) is 36.6 Å². The van der Waals surface area contributed by atoms with Crippen LogP contribution in [0.25, 0.3) is 0 Å². The summed E-state index contributed by atoms with van der Waals surface area (Å²) in [5.41, 5.74) is 1.48. The largest absolute Gasteiger partial charge is 0.392 e. The number of amides is 2. The van der Waals surface area contributed by atoms with Crippen LogP contribution in [0, 0.1) is 5.92 Å². The van der Waals surface area contributed by atoms with E-state index in [0.717, 1.165) is 5.56 Å². The maximum atomic E-state index is 12.5. The van der Waals surface area contributed by atoms with Crippen molar-refractivity contribution in [1.29, 1.82) is 0 Å². The summed E-state index contributed by atoms with van der Waals surface area (Å²) in [6.45, 7) is 1.03. The second-order valence-corrected chi connectivity index (χ2v) is 6.95. The van der Waals surface area contributed by atoms with Crippen molar-refractivity contribution in [1.82, 2.24) is 20.4 Å². The van der Waals surface area contributed by atoms with Gasteiger partial charge >= 0.3 is 0 Å². The molecule has 3 rings (SSSR count). The molecule has 0 bridgehead atoms. The molecule has 0 aliphatic carbocycles. The first-order valence-corrected chi connectivity index (χ1v) is 9.18. The van der Waals surface area contributed by atoms with Crippen molar-refractivity contribution in [2.24, 2.45) is 5.92 Å². The van der Waals surface area contributed by atoms with Crippen molar-refractivity contribution in [3.8, 4) is 0 Å². The maximum absolute atomic E-state index is 12.5. The average Bonchev–Trinajstić information content (AvgIpc) is 2.70. The standard InChI is InChI=1S/C19H21ClN4O3/c20-15-3-1-13(2-4-15)5-8-21-18(26)16-12-24(10-7-17(16)25)19(27)14-6-9-22-23-11-14/h1-4,6,9,11,16-17,25H,5,7-8,10,12H2,(H,21,26)/t16-,17+/m0/s1. The van der Waals surface area contributed by atoms with E-state index < -0.39 is 12.0 Å². The molecule has 1 fully saturated rings. The number of piperidine rings is 1. The Morgan fingerprint density at radius 1 is 1.22 bits per heavy atom. The number of nitrogens with zero attached hydrogens (tertiary/aromatic N) is 3. The van der Waals surface area contributed by atoms with Gasteiger partial charge in [0.1, 0.15) is 0 Å². The van der Waals surface area contributed by atoms with Crippen molar-refractivity contribution in [3.63, 3.8) is 0 Å². The number of halogens is 1. The lowest BCUT2D eigenvalue weighted by Gasteiger charge is -2.35. The monoisotopic (exact) mass is 388 g/mol. The molecular formula is C19H21ClN4O3. The Morgan fingerprint density at radius 2 is 2.00 bits per heavy atom. The number of aliphatic hydroxyl groups is 1. The minimum atomic E-state index is -0.764. The maximum Gasteiger partial charge on any atom is 0.255 e. The van der Waals surface area contributed by atoms with Gasteiger partial charge in [-0.15, -0.1) is 0 Å². The molecule has 2 amide bonds. The zero-order valence-corrected chi connectivity index (χ0v) is 15.5. The molecule has 0 saturated carbocycles. The predicted octanol–water partition coefficient (Wildman–Crippen LogP) is 1.31. The van der Waals surface area contributed by atoms with Crippen molar-refractivity contribution >= 4 is 23.4 Å². The number of hydrogen-bond donors (Lipinski definition) is 2. The average molecular weight is 389 g/mol. The normalized spacial score (nSPS) is 19.6. The van der Waals surface area contributed by atoms with E-state index in [1.54, 1.807) is 23.1 Å². The predicted molar refractivity (Wildman–Crippen MR) is 100 cm³/mol. The first kappa shape index (κ1) is 19.3. The van der Waals surface area contributed by atoms with Gasteiger partial charge in [0.05, 0.1) is 30.0 Å². The van der Waals surface area contributed by atoms with Crippen LogP contribution in [0.1, 0.15) is 22.3 Å². The second-order valence-electron chi connectivity index (χ2n) is 6.51. The lowest BCUT2D eigenvalue weighted by atomic mass is 9.93. The first-order chi connectivity index (χ1) is 13.0. The van der Waals surface area contributed by atoms with Gasteiger partial charge in [-0.25, -0.2) is 0 Å². The molecule has 1 saturated heterocycles. The van der Waals surface area contributed by atoms with Crippen molar-refractivity contribution < 1.29 is 14.7 Å². The molecule has 2 atom stereocenters. The molecule has 1 aliphatic heterocycles. The Kier molecular flexibility index (Phi) is 6.36. The summed E-state index contributed by atoms with van der Waals surface area (Å²) in [7, 11) is 0. The highest BCUT2D eigenvalue weighted by atomic mass is 35.5. The van der Waals surface area contributed by atoms with Gasteiger partial charge in [0.2, 0.25) is 5.91 Å². The molecule has 1 aromatic carbocycles. The third-order valence-electron chi connectivity index (χ3n) is 4.66. The van der Waals surface area contributed by atoms with Gasteiger partial charge in [0.15, 0.2) is 0 Å². The minimum absolute atomic E-state index is 0.176. The topological polar surface area (TPSA) is 95.4 Å². The molecule has 1 aromatic heterocycles. The third-order valence-corrected chi connectivity index (χ3v) is 4.91. The number of aliphatic hydroxyl groups excluding tert-OH is 1. The van der Waals surface area contributed by atoms with Crippen molar-refractivity contribution in [2.45, 2.75) is 18.9 Å². The number of carbonyl (C=O) groups is 2. The van der Waals surface area contributed by atoms with Crippen LogP contribution < -0.4 is 5.32 Å². The van der Waals surface area contributed by atoms with Gasteiger partial charge in [-0.2, -0.15) is 10.2 Å². The molecule has 1 aliphatic rings. The van der Waals surface area contributed by atoms with E-state index in [-0.39, 0.29) is 18.4 Å². The van der Waals surface area contributed by atoms with Crippen LogP contribution in [-0.4, -0.2) is 57.8 Å². The summed E-state index contributed by atoms with van der Waals surface area (Å²) in [4.78, 5) is 26.6. The fourth-order valence-corrected chi connectivity index (χ4v) is 3.22. The molecule has 0 spiro atoms. The molecule has 8 heteroatoms. The lowest BCUT2D eigenvalue weighted by molar-refractivity contribution is -0.130.